The van der Waals surface area contributed by atoms with Gasteiger partial charge in [0.2, 0.25) is 0 Å². The highest BCUT2D eigenvalue weighted by Crippen LogP contribution is 2.25. The molecule has 0 bridgehead atoms. The van der Waals surface area contributed by atoms with Crippen molar-refractivity contribution in [3.05, 3.63) is 41.9 Å². The number of H-pyrrole nitrogens is 1. The standard InChI is InChI=1S/C13H12N4/c1-8-7-11(13-15-9(2)16-17-13)10-5-3-4-6-12(10)14-8/h3-7H,1-2H3,(H,15,16,17). The summed E-state index contributed by atoms with van der Waals surface area (Å²) in [5.74, 6) is 1.54. The number of aryl methyl sites for hydroxylation is 2. The number of rotatable bonds is 1. The van der Waals surface area contributed by atoms with Gasteiger partial charge in [-0.05, 0) is 26.0 Å². The predicted molar refractivity (Wildman–Crippen MR) is 66.6 cm³/mol. The first kappa shape index (κ1) is 9.96. The smallest absolute Gasteiger partial charge is 0.181 e. The van der Waals surface area contributed by atoms with Crippen LogP contribution in [0.15, 0.2) is 30.3 Å². The first-order valence-electron chi connectivity index (χ1n) is 5.50. The van der Waals surface area contributed by atoms with Gasteiger partial charge in [-0.1, -0.05) is 18.2 Å². The molecule has 0 radical (unpaired) electrons. The van der Waals surface area contributed by atoms with Crippen LogP contribution in [0.5, 0.6) is 0 Å². The van der Waals surface area contributed by atoms with E-state index >= 15 is 0 Å². The molecule has 0 atom stereocenters. The highest BCUT2D eigenvalue weighted by atomic mass is 15.2. The Morgan fingerprint density at radius 1 is 1.06 bits per heavy atom. The van der Waals surface area contributed by atoms with Crippen molar-refractivity contribution >= 4 is 10.9 Å². The average molecular weight is 224 g/mol. The van der Waals surface area contributed by atoms with E-state index in [-0.39, 0.29) is 0 Å². The number of fused-ring (bicyclic) bond motifs is 1. The number of aromatic nitrogens is 4. The first-order valence-corrected chi connectivity index (χ1v) is 5.50. The normalized spacial score (nSPS) is 10.9. The molecule has 0 aliphatic heterocycles. The van der Waals surface area contributed by atoms with Crippen molar-refractivity contribution in [1.82, 2.24) is 20.2 Å². The van der Waals surface area contributed by atoms with Crippen LogP contribution in [-0.2, 0) is 0 Å². The molecule has 0 saturated heterocycles. The zero-order valence-corrected chi connectivity index (χ0v) is 9.73. The summed E-state index contributed by atoms with van der Waals surface area (Å²) in [6.45, 7) is 3.88. The molecule has 0 fully saturated rings. The van der Waals surface area contributed by atoms with Gasteiger partial charge in [-0.3, -0.25) is 10.1 Å². The van der Waals surface area contributed by atoms with Crippen molar-refractivity contribution in [2.24, 2.45) is 0 Å². The number of nitrogens with one attached hydrogen (secondary N) is 1. The van der Waals surface area contributed by atoms with Crippen LogP contribution in [-0.4, -0.2) is 20.2 Å². The molecule has 4 nitrogen and oxygen atoms in total. The Balaban J connectivity index is 2.35. The van der Waals surface area contributed by atoms with E-state index in [2.05, 4.69) is 20.2 Å². The lowest BCUT2D eigenvalue weighted by Crippen LogP contribution is -1.89. The summed E-state index contributed by atoms with van der Waals surface area (Å²) in [6.07, 6.45) is 0. The molecule has 4 heteroatoms. The lowest BCUT2D eigenvalue weighted by molar-refractivity contribution is 1.04. The summed E-state index contributed by atoms with van der Waals surface area (Å²) in [6, 6.07) is 10.1. The van der Waals surface area contributed by atoms with Gasteiger partial charge in [0.1, 0.15) is 5.82 Å². The van der Waals surface area contributed by atoms with Gasteiger partial charge in [0.15, 0.2) is 5.82 Å². The van der Waals surface area contributed by atoms with Crippen LogP contribution < -0.4 is 0 Å². The number of para-hydroxylation sites is 1. The zero-order chi connectivity index (χ0) is 11.8. The molecule has 0 spiro atoms. The number of pyridine rings is 1. The minimum absolute atomic E-state index is 0.726. The lowest BCUT2D eigenvalue weighted by atomic mass is 10.1. The Kier molecular flexibility index (Phi) is 2.14. The van der Waals surface area contributed by atoms with Crippen molar-refractivity contribution in [2.75, 3.05) is 0 Å². The molecule has 0 amide bonds. The monoisotopic (exact) mass is 224 g/mol. The van der Waals surface area contributed by atoms with Crippen LogP contribution in [0.1, 0.15) is 11.5 Å². The van der Waals surface area contributed by atoms with Crippen LogP contribution in [0.2, 0.25) is 0 Å². The molecule has 84 valence electrons. The van der Waals surface area contributed by atoms with Crippen LogP contribution in [0.4, 0.5) is 0 Å². The van der Waals surface area contributed by atoms with Gasteiger partial charge in [0.25, 0.3) is 0 Å². The van der Waals surface area contributed by atoms with Gasteiger partial charge in [0, 0.05) is 16.6 Å². The topological polar surface area (TPSA) is 54.5 Å². The van der Waals surface area contributed by atoms with Gasteiger partial charge in [-0.25, -0.2) is 4.98 Å². The maximum absolute atomic E-state index is 4.50. The molecule has 1 N–H and O–H groups in total. The minimum atomic E-state index is 0.726. The van der Waals surface area contributed by atoms with E-state index in [1.165, 1.54) is 0 Å². The number of nitrogens with zero attached hydrogens (tertiary/aromatic N) is 3. The van der Waals surface area contributed by atoms with E-state index in [4.69, 9.17) is 0 Å². The van der Waals surface area contributed by atoms with Crippen molar-refractivity contribution in [3.63, 3.8) is 0 Å². The molecule has 0 saturated carbocycles. The largest absolute Gasteiger partial charge is 0.263 e. The molecule has 3 rings (SSSR count). The van der Waals surface area contributed by atoms with Gasteiger partial charge in [-0.2, -0.15) is 5.10 Å². The SMILES string of the molecule is Cc1cc(-c2n[nH]c(C)n2)c2ccccc2n1. The summed E-state index contributed by atoms with van der Waals surface area (Å²) in [4.78, 5) is 8.88. The summed E-state index contributed by atoms with van der Waals surface area (Å²) in [7, 11) is 0. The number of hydrogen-bond donors (Lipinski definition) is 1. The zero-order valence-electron chi connectivity index (χ0n) is 9.73. The first-order chi connectivity index (χ1) is 8.24. The van der Waals surface area contributed by atoms with E-state index in [0.29, 0.717) is 0 Å². The lowest BCUT2D eigenvalue weighted by Gasteiger charge is -2.04. The molecular weight excluding hydrogens is 212 g/mol. The Morgan fingerprint density at radius 3 is 2.65 bits per heavy atom. The minimum Gasteiger partial charge on any atom is -0.263 e. The fourth-order valence-electron chi connectivity index (χ4n) is 1.96. The van der Waals surface area contributed by atoms with Crippen LogP contribution >= 0.6 is 0 Å². The van der Waals surface area contributed by atoms with Gasteiger partial charge < -0.3 is 0 Å². The average Bonchev–Trinajstić information content (AvgIpc) is 2.74. The Labute approximate surface area is 98.7 Å². The number of benzene rings is 1. The van der Waals surface area contributed by atoms with Crippen molar-refractivity contribution < 1.29 is 0 Å². The van der Waals surface area contributed by atoms with Gasteiger partial charge >= 0.3 is 0 Å². The second-order valence-electron chi connectivity index (χ2n) is 4.07. The molecule has 3 aromatic rings. The van der Waals surface area contributed by atoms with Crippen LogP contribution in [0.25, 0.3) is 22.3 Å². The molecule has 0 unspecified atom stereocenters. The fourth-order valence-corrected chi connectivity index (χ4v) is 1.96. The molecule has 2 heterocycles. The molecule has 2 aromatic heterocycles. The number of aromatic amines is 1. The number of hydrogen-bond acceptors (Lipinski definition) is 3. The summed E-state index contributed by atoms with van der Waals surface area (Å²) in [5.41, 5.74) is 2.98. The third kappa shape index (κ3) is 1.67. The van der Waals surface area contributed by atoms with Crippen LogP contribution in [0, 0.1) is 13.8 Å². The van der Waals surface area contributed by atoms with E-state index in [0.717, 1.165) is 33.8 Å². The predicted octanol–water partition coefficient (Wildman–Crippen LogP) is 2.64. The molecule has 1 aromatic carbocycles. The molecule has 17 heavy (non-hydrogen) atoms. The quantitative estimate of drug-likeness (QED) is 0.691. The summed E-state index contributed by atoms with van der Waals surface area (Å²) < 4.78 is 0. The fraction of sp³-hybridized carbons (Fsp3) is 0.154. The van der Waals surface area contributed by atoms with Gasteiger partial charge in [0.05, 0.1) is 5.52 Å². The Morgan fingerprint density at radius 2 is 1.88 bits per heavy atom. The van der Waals surface area contributed by atoms with Crippen molar-refractivity contribution in [1.29, 1.82) is 0 Å². The summed E-state index contributed by atoms with van der Waals surface area (Å²) >= 11 is 0. The molecular formula is C13H12N4. The second kappa shape index (κ2) is 3.66. The van der Waals surface area contributed by atoms with E-state index < -0.39 is 0 Å². The van der Waals surface area contributed by atoms with Crippen molar-refractivity contribution in [3.8, 4) is 11.4 Å². The molecule has 0 aliphatic rings. The van der Waals surface area contributed by atoms with E-state index in [1.807, 2.05) is 44.2 Å². The maximum atomic E-state index is 4.50. The van der Waals surface area contributed by atoms with Crippen molar-refractivity contribution in [2.45, 2.75) is 13.8 Å². The highest BCUT2D eigenvalue weighted by molar-refractivity contribution is 5.92. The summed E-state index contributed by atoms with van der Waals surface area (Å²) in [5, 5.41) is 8.16. The van der Waals surface area contributed by atoms with Gasteiger partial charge in [-0.15, -0.1) is 0 Å². The second-order valence-corrected chi connectivity index (χ2v) is 4.07. The van der Waals surface area contributed by atoms with E-state index in [9.17, 15) is 0 Å². The third-order valence-corrected chi connectivity index (χ3v) is 2.68. The maximum Gasteiger partial charge on any atom is 0.181 e. The Hall–Kier alpha value is -2.23. The van der Waals surface area contributed by atoms with E-state index in [1.54, 1.807) is 0 Å². The van der Waals surface area contributed by atoms with Crippen LogP contribution in [0.3, 0.4) is 0 Å². The molecule has 0 aliphatic carbocycles. The highest BCUT2D eigenvalue weighted by Gasteiger charge is 2.09. The Bertz CT molecular complexity index is 685. The third-order valence-electron chi connectivity index (χ3n) is 2.68.